The van der Waals surface area contributed by atoms with Crippen molar-refractivity contribution in [3.05, 3.63) is 76.8 Å². The molecular weight excluding hydrogens is 524 g/mol. The zero-order valence-electron chi connectivity index (χ0n) is 20.0. The first-order valence-corrected chi connectivity index (χ1v) is 12.7. The molecule has 0 fully saturated rings. The highest BCUT2D eigenvalue weighted by molar-refractivity contribution is 7.93. The quantitative estimate of drug-likeness (QED) is 0.415. The average molecular weight is 547 g/mol. The number of carboxylic acid groups (broad SMARTS) is 1. The Labute approximate surface area is 218 Å². The number of hydrogen-bond acceptors (Lipinski definition) is 8. The predicted octanol–water partition coefficient (Wildman–Crippen LogP) is 3.02. The second-order valence-electron chi connectivity index (χ2n) is 7.95. The number of ether oxygens (including phenoxy) is 3. The van der Waals surface area contributed by atoms with Crippen LogP contribution >= 0.6 is 11.6 Å². The molecule has 0 aliphatic carbocycles. The van der Waals surface area contributed by atoms with Crippen molar-refractivity contribution in [2.45, 2.75) is 10.4 Å². The number of amides is 1. The van der Waals surface area contributed by atoms with Crippen LogP contribution in [0.25, 0.3) is 0 Å². The summed E-state index contributed by atoms with van der Waals surface area (Å²) >= 11 is 6.29. The van der Waals surface area contributed by atoms with Gasteiger partial charge in [0.25, 0.3) is 15.9 Å². The van der Waals surface area contributed by atoms with Gasteiger partial charge in [-0.3, -0.25) is 14.9 Å². The number of para-hydroxylation sites is 1. The molecular formula is C25H23ClN2O8S. The van der Waals surface area contributed by atoms with Crippen LogP contribution in [0.5, 0.6) is 17.2 Å². The lowest BCUT2D eigenvalue weighted by Gasteiger charge is -2.31. The summed E-state index contributed by atoms with van der Waals surface area (Å²) < 4.78 is 44.7. The number of hydrogen-bond donors (Lipinski definition) is 2. The molecule has 10 nitrogen and oxygen atoms in total. The van der Waals surface area contributed by atoms with Crippen LogP contribution in [0.3, 0.4) is 0 Å². The summed E-state index contributed by atoms with van der Waals surface area (Å²) in [6.07, 6.45) is 0. The van der Waals surface area contributed by atoms with Gasteiger partial charge in [-0.1, -0.05) is 29.8 Å². The van der Waals surface area contributed by atoms with Gasteiger partial charge in [0, 0.05) is 22.2 Å². The van der Waals surface area contributed by atoms with Gasteiger partial charge in [0.2, 0.25) is 0 Å². The first-order chi connectivity index (χ1) is 17.6. The molecule has 1 atom stereocenters. The molecule has 0 aromatic heterocycles. The molecule has 0 saturated carbocycles. The summed E-state index contributed by atoms with van der Waals surface area (Å²) in [7, 11) is -0.488. The van der Waals surface area contributed by atoms with E-state index in [0.29, 0.717) is 10.1 Å². The number of halogens is 1. The maximum absolute atomic E-state index is 14.3. The van der Waals surface area contributed by atoms with Gasteiger partial charge in [-0.2, -0.15) is 0 Å². The van der Waals surface area contributed by atoms with E-state index in [-0.39, 0.29) is 38.2 Å². The van der Waals surface area contributed by atoms with Crippen LogP contribution in [0, 0.1) is 0 Å². The Bertz CT molecular complexity index is 1490. The molecule has 0 radical (unpaired) electrons. The second kappa shape index (κ2) is 9.92. The van der Waals surface area contributed by atoms with Crippen LogP contribution in [0.4, 0.5) is 5.69 Å². The molecule has 0 bridgehead atoms. The van der Waals surface area contributed by atoms with Crippen molar-refractivity contribution >= 4 is 39.2 Å². The number of nitrogens with one attached hydrogen (secondary N) is 1. The van der Waals surface area contributed by atoms with E-state index in [9.17, 15) is 23.1 Å². The molecule has 3 aromatic carbocycles. The SMILES string of the molecule is COc1ccc(S(=O)(=O)N2C(=O)C(NCC(=O)O)(c3ccccc3OC)c3cc(Cl)ccc32)c(OC)c1. The fourth-order valence-electron chi connectivity index (χ4n) is 4.38. The first kappa shape index (κ1) is 26.3. The number of sulfonamides is 1. The molecule has 4 rings (SSSR count). The molecule has 3 aromatic rings. The molecule has 0 saturated heterocycles. The fourth-order valence-corrected chi connectivity index (χ4v) is 6.16. The van der Waals surface area contributed by atoms with E-state index >= 15 is 0 Å². The molecule has 194 valence electrons. The summed E-state index contributed by atoms with van der Waals surface area (Å²) in [5.41, 5.74) is -1.60. The Hall–Kier alpha value is -3.80. The molecule has 1 unspecified atom stereocenters. The maximum atomic E-state index is 14.3. The largest absolute Gasteiger partial charge is 0.497 e. The second-order valence-corrected chi connectivity index (χ2v) is 10.1. The Morgan fingerprint density at radius 2 is 1.68 bits per heavy atom. The molecule has 37 heavy (non-hydrogen) atoms. The Morgan fingerprint density at radius 3 is 2.32 bits per heavy atom. The van der Waals surface area contributed by atoms with Gasteiger partial charge in [0.1, 0.15) is 22.1 Å². The van der Waals surface area contributed by atoms with E-state index in [1.165, 1.54) is 57.7 Å². The Balaban J connectivity index is 2.04. The van der Waals surface area contributed by atoms with E-state index in [4.69, 9.17) is 25.8 Å². The number of benzene rings is 3. The van der Waals surface area contributed by atoms with Crippen molar-refractivity contribution in [1.82, 2.24) is 5.32 Å². The monoisotopic (exact) mass is 546 g/mol. The summed E-state index contributed by atoms with van der Waals surface area (Å²) in [6.45, 7) is -0.671. The van der Waals surface area contributed by atoms with Gasteiger partial charge in [0.15, 0.2) is 5.54 Å². The lowest BCUT2D eigenvalue weighted by Crippen LogP contribution is -2.54. The highest BCUT2D eigenvalue weighted by atomic mass is 35.5. The van der Waals surface area contributed by atoms with Gasteiger partial charge in [0.05, 0.1) is 33.6 Å². The number of anilines is 1. The molecule has 12 heteroatoms. The third kappa shape index (κ3) is 4.24. The van der Waals surface area contributed by atoms with Gasteiger partial charge >= 0.3 is 5.97 Å². The van der Waals surface area contributed by atoms with Crippen molar-refractivity contribution < 1.29 is 37.3 Å². The molecule has 2 N–H and O–H groups in total. The Kier molecular flexibility index (Phi) is 7.05. The molecule has 1 aliphatic heterocycles. The lowest BCUT2D eigenvalue weighted by molar-refractivity contribution is -0.136. The summed E-state index contributed by atoms with van der Waals surface area (Å²) in [6, 6.07) is 14.8. The third-order valence-electron chi connectivity index (χ3n) is 5.99. The van der Waals surface area contributed by atoms with Crippen LogP contribution in [0.1, 0.15) is 11.1 Å². The average Bonchev–Trinajstić information content (AvgIpc) is 3.14. The number of rotatable bonds is 9. The van der Waals surface area contributed by atoms with Crippen LogP contribution in [0.2, 0.25) is 5.02 Å². The summed E-state index contributed by atoms with van der Waals surface area (Å²) in [5.74, 6) is -1.68. The summed E-state index contributed by atoms with van der Waals surface area (Å²) in [4.78, 5) is 25.7. The molecule has 1 amide bonds. The number of methoxy groups -OCH3 is 3. The summed E-state index contributed by atoms with van der Waals surface area (Å²) in [5, 5.41) is 12.5. The van der Waals surface area contributed by atoms with Crippen molar-refractivity contribution in [3.8, 4) is 17.2 Å². The van der Waals surface area contributed by atoms with Crippen molar-refractivity contribution in [2.24, 2.45) is 0 Å². The van der Waals surface area contributed by atoms with Gasteiger partial charge in [-0.15, -0.1) is 0 Å². The molecule has 1 heterocycles. The van der Waals surface area contributed by atoms with Crippen molar-refractivity contribution in [2.75, 3.05) is 32.2 Å². The molecule has 1 aliphatic rings. The van der Waals surface area contributed by atoms with Gasteiger partial charge in [-0.25, -0.2) is 12.7 Å². The highest BCUT2D eigenvalue weighted by Gasteiger charge is 2.57. The van der Waals surface area contributed by atoms with Crippen LogP contribution in [-0.4, -0.2) is 53.3 Å². The van der Waals surface area contributed by atoms with Crippen molar-refractivity contribution in [3.63, 3.8) is 0 Å². The lowest BCUT2D eigenvalue weighted by atomic mass is 9.83. The van der Waals surface area contributed by atoms with Crippen LogP contribution in [0.15, 0.2) is 65.6 Å². The van der Waals surface area contributed by atoms with Gasteiger partial charge in [-0.05, 0) is 36.4 Å². The minimum atomic E-state index is -4.59. The van der Waals surface area contributed by atoms with E-state index in [1.54, 1.807) is 24.3 Å². The zero-order chi connectivity index (χ0) is 27.0. The van der Waals surface area contributed by atoms with Crippen LogP contribution in [-0.2, 0) is 25.2 Å². The zero-order valence-corrected chi connectivity index (χ0v) is 21.6. The van der Waals surface area contributed by atoms with E-state index < -0.39 is 34.0 Å². The van der Waals surface area contributed by atoms with Gasteiger partial charge < -0.3 is 19.3 Å². The van der Waals surface area contributed by atoms with E-state index in [1.807, 2.05) is 0 Å². The highest BCUT2D eigenvalue weighted by Crippen LogP contribution is 2.50. The fraction of sp³-hybridized carbons (Fsp3) is 0.200. The third-order valence-corrected chi connectivity index (χ3v) is 7.96. The van der Waals surface area contributed by atoms with E-state index in [2.05, 4.69) is 5.32 Å². The maximum Gasteiger partial charge on any atom is 0.317 e. The standard InChI is InChI=1S/C25H23ClN2O8S/c1-34-16-9-11-22(21(13-16)36-3)37(32,33)28-19-10-8-15(26)12-18(19)25(24(28)31,27-14-23(29)30)17-6-4-5-7-20(17)35-2/h4-13,27H,14H2,1-3H3,(H,29,30). The van der Waals surface area contributed by atoms with E-state index in [0.717, 1.165) is 0 Å². The molecule has 0 spiro atoms. The smallest absolute Gasteiger partial charge is 0.317 e. The first-order valence-electron chi connectivity index (χ1n) is 10.8. The number of carbonyl (C=O) groups excluding carboxylic acids is 1. The number of carboxylic acids is 1. The normalized spacial score (nSPS) is 16.9. The minimum Gasteiger partial charge on any atom is -0.497 e. The van der Waals surface area contributed by atoms with Crippen LogP contribution < -0.4 is 23.8 Å². The van der Waals surface area contributed by atoms with Crippen molar-refractivity contribution in [1.29, 1.82) is 0 Å². The Morgan fingerprint density at radius 1 is 0.973 bits per heavy atom. The predicted molar refractivity (Wildman–Crippen MR) is 135 cm³/mol. The number of fused-ring (bicyclic) bond motifs is 1. The topological polar surface area (TPSA) is 131 Å². The number of carbonyl (C=O) groups is 2. The minimum absolute atomic E-state index is 0.00364. The number of aliphatic carboxylic acids is 1. The number of nitrogens with zero attached hydrogens (tertiary/aromatic N) is 1.